The zero-order valence-electron chi connectivity index (χ0n) is 10.4. The van der Waals surface area contributed by atoms with Gasteiger partial charge in [0.2, 0.25) is 0 Å². The first-order chi connectivity index (χ1) is 8.16. The third-order valence-corrected chi connectivity index (χ3v) is 3.77. The number of carboxylic acids is 1. The molecule has 0 aromatic heterocycles. The molecule has 1 aromatic carbocycles. The lowest BCUT2D eigenvalue weighted by Gasteiger charge is -2.11. The van der Waals surface area contributed by atoms with Gasteiger partial charge >= 0.3 is 5.97 Å². The van der Waals surface area contributed by atoms with Gasteiger partial charge < -0.3 is 5.11 Å². The standard InChI is InChI=1S/C15H20O2/c1-11(15(16)17)10-12-6-8-14(9-7-12)13-4-2-3-5-13/h6-9,11,13H,2-5,10H2,1H3,(H,16,17). The minimum absolute atomic E-state index is 0.299. The van der Waals surface area contributed by atoms with Gasteiger partial charge in [0.25, 0.3) is 0 Å². The van der Waals surface area contributed by atoms with Crippen molar-refractivity contribution in [2.75, 3.05) is 0 Å². The normalized spacial score (nSPS) is 18.2. The average Bonchev–Trinajstić information content (AvgIpc) is 2.83. The highest BCUT2D eigenvalue weighted by Crippen LogP contribution is 2.34. The first kappa shape index (κ1) is 12.2. The highest BCUT2D eigenvalue weighted by atomic mass is 16.4. The molecule has 1 N–H and O–H groups in total. The second kappa shape index (κ2) is 5.35. The fourth-order valence-electron chi connectivity index (χ4n) is 2.63. The summed E-state index contributed by atoms with van der Waals surface area (Å²) < 4.78 is 0. The highest BCUT2D eigenvalue weighted by molar-refractivity contribution is 5.69. The summed E-state index contributed by atoms with van der Waals surface area (Å²) in [5.74, 6) is -0.279. The summed E-state index contributed by atoms with van der Waals surface area (Å²) in [5.41, 5.74) is 2.55. The van der Waals surface area contributed by atoms with Crippen molar-refractivity contribution in [2.45, 2.75) is 44.9 Å². The van der Waals surface area contributed by atoms with Crippen LogP contribution in [0, 0.1) is 5.92 Å². The van der Waals surface area contributed by atoms with Crippen LogP contribution in [-0.2, 0) is 11.2 Å². The molecular formula is C15H20O2. The van der Waals surface area contributed by atoms with Crippen molar-refractivity contribution in [3.8, 4) is 0 Å². The van der Waals surface area contributed by atoms with Crippen LogP contribution in [0.3, 0.4) is 0 Å². The van der Waals surface area contributed by atoms with Crippen LogP contribution in [0.5, 0.6) is 0 Å². The Bertz CT molecular complexity index is 374. The van der Waals surface area contributed by atoms with Gasteiger partial charge in [0.15, 0.2) is 0 Å². The molecule has 0 heterocycles. The van der Waals surface area contributed by atoms with Crippen LogP contribution in [0.1, 0.15) is 49.7 Å². The topological polar surface area (TPSA) is 37.3 Å². The molecule has 1 aliphatic carbocycles. The van der Waals surface area contributed by atoms with Crippen molar-refractivity contribution < 1.29 is 9.90 Å². The molecule has 0 saturated heterocycles. The molecule has 0 bridgehead atoms. The average molecular weight is 232 g/mol. The van der Waals surface area contributed by atoms with Crippen LogP contribution >= 0.6 is 0 Å². The second-order valence-corrected chi connectivity index (χ2v) is 5.17. The third-order valence-electron chi connectivity index (χ3n) is 3.77. The van der Waals surface area contributed by atoms with Gasteiger partial charge in [-0.2, -0.15) is 0 Å². The molecule has 17 heavy (non-hydrogen) atoms. The molecule has 2 nitrogen and oxygen atoms in total. The van der Waals surface area contributed by atoms with E-state index in [2.05, 4.69) is 24.3 Å². The molecule has 92 valence electrons. The van der Waals surface area contributed by atoms with Gasteiger partial charge in [-0.05, 0) is 36.3 Å². The molecular weight excluding hydrogens is 212 g/mol. The summed E-state index contributed by atoms with van der Waals surface area (Å²) >= 11 is 0. The fourth-order valence-corrected chi connectivity index (χ4v) is 2.63. The lowest BCUT2D eigenvalue weighted by atomic mass is 9.94. The molecule has 1 atom stereocenters. The summed E-state index contributed by atoms with van der Waals surface area (Å²) in [7, 11) is 0. The van der Waals surface area contributed by atoms with Crippen LogP contribution < -0.4 is 0 Å². The first-order valence-electron chi connectivity index (χ1n) is 6.48. The van der Waals surface area contributed by atoms with Gasteiger partial charge in [0.1, 0.15) is 0 Å². The number of hydrogen-bond donors (Lipinski definition) is 1. The van der Waals surface area contributed by atoms with Gasteiger partial charge in [0.05, 0.1) is 5.92 Å². The maximum absolute atomic E-state index is 10.8. The van der Waals surface area contributed by atoms with E-state index in [-0.39, 0.29) is 5.92 Å². The largest absolute Gasteiger partial charge is 0.481 e. The summed E-state index contributed by atoms with van der Waals surface area (Å²) in [6, 6.07) is 8.54. The van der Waals surface area contributed by atoms with E-state index < -0.39 is 5.97 Å². The molecule has 1 aliphatic rings. The molecule has 2 heteroatoms. The third kappa shape index (κ3) is 3.09. The number of aliphatic carboxylic acids is 1. The molecule has 0 radical (unpaired) electrons. The van der Waals surface area contributed by atoms with E-state index in [9.17, 15) is 4.79 Å². The number of benzene rings is 1. The molecule has 1 fully saturated rings. The Balaban J connectivity index is 2.00. The Morgan fingerprint density at radius 3 is 2.41 bits per heavy atom. The van der Waals surface area contributed by atoms with E-state index in [1.54, 1.807) is 6.92 Å². The predicted octanol–water partition coefficient (Wildman–Crippen LogP) is 3.61. The van der Waals surface area contributed by atoms with Gasteiger partial charge in [-0.25, -0.2) is 0 Å². The lowest BCUT2D eigenvalue weighted by molar-refractivity contribution is -0.141. The van der Waals surface area contributed by atoms with Crippen LogP contribution in [0.4, 0.5) is 0 Å². The molecule has 1 saturated carbocycles. The summed E-state index contributed by atoms with van der Waals surface area (Å²) in [6.07, 6.45) is 5.95. The van der Waals surface area contributed by atoms with Crippen LogP contribution in [0.15, 0.2) is 24.3 Å². The summed E-state index contributed by atoms with van der Waals surface area (Å²) in [4.78, 5) is 10.8. The summed E-state index contributed by atoms with van der Waals surface area (Å²) in [5, 5.41) is 8.87. The molecule has 1 aromatic rings. The Morgan fingerprint density at radius 1 is 1.29 bits per heavy atom. The van der Waals surface area contributed by atoms with E-state index in [1.807, 2.05) is 0 Å². The quantitative estimate of drug-likeness (QED) is 0.861. The molecule has 1 unspecified atom stereocenters. The molecule has 0 amide bonds. The molecule has 0 spiro atoms. The van der Waals surface area contributed by atoms with Crippen LogP contribution in [-0.4, -0.2) is 11.1 Å². The minimum atomic E-state index is -0.718. The van der Waals surface area contributed by atoms with Crippen LogP contribution in [0.2, 0.25) is 0 Å². The van der Waals surface area contributed by atoms with Gasteiger partial charge in [-0.15, -0.1) is 0 Å². The maximum atomic E-state index is 10.8. The predicted molar refractivity (Wildman–Crippen MR) is 68.2 cm³/mol. The van der Waals surface area contributed by atoms with Crippen molar-refractivity contribution in [3.63, 3.8) is 0 Å². The lowest BCUT2D eigenvalue weighted by Crippen LogP contribution is -2.12. The Morgan fingerprint density at radius 2 is 1.88 bits per heavy atom. The number of carbonyl (C=O) groups is 1. The van der Waals surface area contributed by atoms with Crippen molar-refractivity contribution >= 4 is 5.97 Å². The first-order valence-corrected chi connectivity index (χ1v) is 6.48. The number of carboxylic acid groups (broad SMARTS) is 1. The van der Waals surface area contributed by atoms with E-state index in [1.165, 1.54) is 31.2 Å². The van der Waals surface area contributed by atoms with E-state index in [4.69, 9.17) is 5.11 Å². The minimum Gasteiger partial charge on any atom is -0.481 e. The van der Waals surface area contributed by atoms with Gasteiger partial charge in [-0.1, -0.05) is 44.0 Å². The maximum Gasteiger partial charge on any atom is 0.306 e. The number of rotatable bonds is 4. The van der Waals surface area contributed by atoms with Crippen molar-refractivity contribution in [2.24, 2.45) is 5.92 Å². The zero-order valence-corrected chi connectivity index (χ0v) is 10.4. The Kier molecular flexibility index (Phi) is 3.82. The van der Waals surface area contributed by atoms with E-state index >= 15 is 0 Å². The van der Waals surface area contributed by atoms with E-state index in [0.29, 0.717) is 6.42 Å². The fraction of sp³-hybridized carbons (Fsp3) is 0.533. The number of hydrogen-bond acceptors (Lipinski definition) is 1. The molecule has 0 aliphatic heterocycles. The second-order valence-electron chi connectivity index (χ2n) is 5.17. The smallest absolute Gasteiger partial charge is 0.306 e. The monoisotopic (exact) mass is 232 g/mol. The van der Waals surface area contributed by atoms with Crippen molar-refractivity contribution in [3.05, 3.63) is 35.4 Å². The Labute approximate surface area is 103 Å². The van der Waals surface area contributed by atoms with E-state index in [0.717, 1.165) is 11.5 Å². The van der Waals surface area contributed by atoms with Crippen LogP contribution in [0.25, 0.3) is 0 Å². The summed E-state index contributed by atoms with van der Waals surface area (Å²) in [6.45, 7) is 1.76. The molecule has 2 rings (SSSR count). The van der Waals surface area contributed by atoms with Crippen molar-refractivity contribution in [1.82, 2.24) is 0 Å². The van der Waals surface area contributed by atoms with Gasteiger partial charge in [-0.3, -0.25) is 4.79 Å². The highest BCUT2D eigenvalue weighted by Gasteiger charge is 2.17. The SMILES string of the molecule is CC(Cc1ccc(C2CCCC2)cc1)C(=O)O. The van der Waals surface area contributed by atoms with Gasteiger partial charge in [0, 0.05) is 0 Å². The van der Waals surface area contributed by atoms with Crippen molar-refractivity contribution in [1.29, 1.82) is 0 Å². The zero-order chi connectivity index (χ0) is 12.3. The Hall–Kier alpha value is -1.31.